The van der Waals surface area contributed by atoms with Gasteiger partial charge in [-0.05, 0) is 36.9 Å². The van der Waals surface area contributed by atoms with Crippen LogP contribution < -0.4 is 0 Å². The number of halogens is 1. The summed E-state index contributed by atoms with van der Waals surface area (Å²) in [6.45, 7) is 3.85. The predicted octanol–water partition coefficient (Wildman–Crippen LogP) is 3.24. The summed E-state index contributed by atoms with van der Waals surface area (Å²) in [6, 6.07) is 4.76. The molecule has 0 saturated heterocycles. The minimum Gasteiger partial charge on any atom is -0.379 e. The summed E-state index contributed by atoms with van der Waals surface area (Å²) in [5, 5.41) is 12.7. The molecule has 2 nitrogen and oxygen atoms in total. The van der Waals surface area contributed by atoms with Crippen LogP contribution in [0.1, 0.15) is 29.5 Å². The third kappa shape index (κ3) is 2.10. The Morgan fingerprint density at radius 3 is 2.65 bits per heavy atom. The fraction of sp³-hybridized carbons (Fsp3) is 0.308. The lowest BCUT2D eigenvalue weighted by atomic mass is 9.88. The van der Waals surface area contributed by atoms with E-state index in [0.717, 1.165) is 16.6 Å². The van der Waals surface area contributed by atoms with Crippen LogP contribution in [0.25, 0.3) is 0 Å². The van der Waals surface area contributed by atoms with Crippen molar-refractivity contribution in [2.45, 2.75) is 25.9 Å². The fourth-order valence-corrected chi connectivity index (χ4v) is 2.72. The van der Waals surface area contributed by atoms with Gasteiger partial charge in [0.1, 0.15) is 11.4 Å². The molecule has 4 heteroatoms. The van der Waals surface area contributed by atoms with Crippen LogP contribution >= 0.6 is 11.3 Å². The Hall–Kier alpha value is -1.26. The van der Waals surface area contributed by atoms with E-state index >= 15 is 0 Å². The SMILES string of the molecule is CCC(O)(c1ccc(F)cn1)c1ccsc1C. The van der Waals surface area contributed by atoms with Gasteiger partial charge in [-0.25, -0.2) is 4.39 Å². The van der Waals surface area contributed by atoms with Crippen molar-refractivity contribution in [3.05, 3.63) is 51.7 Å². The van der Waals surface area contributed by atoms with Crippen LogP contribution in [-0.2, 0) is 5.60 Å². The topological polar surface area (TPSA) is 33.1 Å². The quantitative estimate of drug-likeness (QED) is 0.908. The fourth-order valence-electron chi connectivity index (χ4n) is 1.94. The molecule has 2 heterocycles. The van der Waals surface area contributed by atoms with Gasteiger partial charge in [0.25, 0.3) is 0 Å². The van der Waals surface area contributed by atoms with Crippen LogP contribution in [0.4, 0.5) is 4.39 Å². The van der Waals surface area contributed by atoms with E-state index < -0.39 is 11.4 Å². The second kappa shape index (κ2) is 4.55. The third-order valence-electron chi connectivity index (χ3n) is 2.97. The Morgan fingerprint density at radius 2 is 2.18 bits per heavy atom. The highest BCUT2D eigenvalue weighted by Crippen LogP contribution is 2.35. The summed E-state index contributed by atoms with van der Waals surface area (Å²) >= 11 is 1.58. The van der Waals surface area contributed by atoms with Crippen LogP contribution in [0, 0.1) is 12.7 Å². The van der Waals surface area contributed by atoms with Gasteiger partial charge in [0.05, 0.1) is 11.9 Å². The first-order valence-corrected chi connectivity index (χ1v) is 6.35. The number of pyridine rings is 1. The summed E-state index contributed by atoms with van der Waals surface area (Å²) in [5.74, 6) is -0.394. The molecule has 1 atom stereocenters. The smallest absolute Gasteiger partial charge is 0.141 e. The predicted molar refractivity (Wildman–Crippen MR) is 66.5 cm³/mol. The van der Waals surface area contributed by atoms with E-state index in [-0.39, 0.29) is 0 Å². The number of thiophene rings is 1. The molecule has 0 amide bonds. The van der Waals surface area contributed by atoms with Gasteiger partial charge >= 0.3 is 0 Å². The summed E-state index contributed by atoms with van der Waals surface area (Å²) in [6.07, 6.45) is 1.64. The monoisotopic (exact) mass is 251 g/mol. The number of hydrogen-bond donors (Lipinski definition) is 1. The zero-order valence-corrected chi connectivity index (χ0v) is 10.6. The van der Waals surface area contributed by atoms with Crippen LogP contribution in [-0.4, -0.2) is 10.1 Å². The second-order valence-corrected chi connectivity index (χ2v) is 5.09. The lowest BCUT2D eigenvalue weighted by Crippen LogP contribution is -2.27. The Balaban J connectivity index is 2.51. The molecule has 0 fully saturated rings. The second-order valence-electron chi connectivity index (χ2n) is 3.97. The van der Waals surface area contributed by atoms with E-state index in [4.69, 9.17) is 0 Å². The number of hydrogen-bond acceptors (Lipinski definition) is 3. The molecule has 1 N–H and O–H groups in total. The van der Waals surface area contributed by atoms with E-state index in [0.29, 0.717) is 12.1 Å². The average Bonchev–Trinajstić information content (AvgIpc) is 2.76. The number of rotatable bonds is 3. The number of aryl methyl sites for hydroxylation is 1. The minimum atomic E-state index is -1.13. The zero-order chi connectivity index (χ0) is 12.5. The van der Waals surface area contributed by atoms with Crippen molar-refractivity contribution in [1.29, 1.82) is 0 Å². The van der Waals surface area contributed by atoms with Crippen molar-refractivity contribution in [3.8, 4) is 0 Å². The average molecular weight is 251 g/mol. The molecule has 90 valence electrons. The highest BCUT2D eigenvalue weighted by Gasteiger charge is 2.32. The maximum Gasteiger partial charge on any atom is 0.141 e. The Labute approximate surface area is 104 Å². The molecule has 0 aliphatic carbocycles. The molecular formula is C13H14FNOS. The molecule has 0 bridgehead atoms. The molecule has 0 saturated carbocycles. The van der Waals surface area contributed by atoms with Gasteiger partial charge in [0, 0.05) is 10.4 Å². The normalized spacial score (nSPS) is 14.6. The Morgan fingerprint density at radius 1 is 1.41 bits per heavy atom. The number of aromatic nitrogens is 1. The zero-order valence-electron chi connectivity index (χ0n) is 9.77. The molecule has 0 aliphatic heterocycles. The van der Waals surface area contributed by atoms with Gasteiger partial charge < -0.3 is 5.11 Å². The van der Waals surface area contributed by atoms with E-state index in [1.165, 1.54) is 12.1 Å². The molecule has 1 unspecified atom stereocenters. The van der Waals surface area contributed by atoms with E-state index in [2.05, 4.69) is 4.98 Å². The van der Waals surface area contributed by atoms with Crippen molar-refractivity contribution < 1.29 is 9.50 Å². The largest absolute Gasteiger partial charge is 0.379 e. The van der Waals surface area contributed by atoms with Crippen LogP contribution in [0.3, 0.4) is 0 Å². The summed E-state index contributed by atoms with van der Waals surface area (Å²) in [5.41, 5.74) is 0.213. The minimum absolute atomic E-state index is 0.394. The molecule has 0 radical (unpaired) electrons. The molecule has 2 aromatic rings. The van der Waals surface area contributed by atoms with E-state index in [1.54, 1.807) is 11.3 Å². The van der Waals surface area contributed by atoms with Crippen molar-refractivity contribution in [1.82, 2.24) is 4.98 Å². The first kappa shape index (κ1) is 12.2. The summed E-state index contributed by atoms with van der Waals surface area (Å²) in [4.78, 5) is 5.05. The molecule has 0 aliphatic rings. The molecule has 2 aromatic heterocycles. The first-order chi connectivity index (χ1) is 8.08. The van der Waals surface area contributed by atoms with E-state index in [9.17, 15) is 9.50 Å². The van der Waals surface area contributed by atoms with Crippen molar-refractivity contribution in [2.75, 3.05) is 0 Å². The standard InChI is InChI=1S/C13H14FNOS/c1-3-13(16,11-6-7-17-9(11)2)12-5-4-10(14)8-15-12/h4-8,16H,3H2,1-2H3. The maximum atomic E-state index is 12.9. The van der Waals surface area contributed by atoms with Crippen molar-refractivity contribution in [2.24, 2.45) is 0 Å². The lowest BCUT2D eigenvalue weighted by molar-refractivity contribution is 0.0716. The number of aliphatic hydroxyl groups is 1. The van der Waals surface area contributed by atoms with E-state index in [1.807, 2.05) is 25.3 Å². The molecular weight excluding hydrogens is 237 g/mol. The highest BCUT2D eigenvalue weighted by molar-refractivity contribution is 7.10. The Kier molecular flexibility index (Phi) is 3.26. The Bertz CT molecular complexity index is 508. The molecule has 0 aromatic carbocycles. The molecule has 17 heavy (non-hydrogen) atoms. The van der Waals surface area contributed by atoms with Crippen LogP contribution in [0.2, 0.25) is 0 Å². The summed E-state index contributed by atoms with van der Waals surface area (Å²) in [7, 11) is 0. The van der Waals surface area contributed by atoms with Crippen molar-refractivity contribution >= 4 is 11.3 Å². The highest BCUT2D eigenvalue weighted by atomic mass is 32.1. The molecule has 2 rings (SSSR count). The van der Waals surface area contributed by atoms with Crippen LogP contribution in [0.15, 0.2) is 29.8 Å². The lowest BCUT2D eigenvalue weighted by Gasteiger charge is -2.26. The van der Waals surface area contributed by atoms with Gasteiger partial charge in [-0.3, -0.25) is 4.98 Å². The van der Waals surface area contributed by atoms with Gasteiger partial charge in [-0.2, -0.15) is 0 Å². The first-order valence-electron chi connectivity index (χ1n) is 5.47. The van der Waals surface area contributed by atoms with Crippen molar-refractivity contribution in [3.63, 3.8) is 0 Å². The maximum absolute atomic E-state index is 12.9. The van der Waals surface area contributed by atoms with Gasteiger partial charge in [0.2, 0.25) is 0 Å². The summed E-state index contributed by atoms with van der Waals surface area (Å²) < 4.78 is 12.9. The van der Waals surface area contributed by atoms with Crippen LogP contribution in [0.5, 0.6) is 0 Å². The van der Waals surface area contributed by atoms with Gasteiger partial charge in [-0.1, -0.05) is 6.92 Å². The number of nitrogens with zero attached hydrogens (tertiary/aromatic N) is 1. The van der Waals surface area contributed by atoms with Gasteiger partial charge in [0.15, 0.2) is 0 Å². The van der Waals surface area contributed by atoms with Gasteiger partial charge in [-0.15, -0.1) is 11.3 Å². The third-order valence-corrected chi connectivity index (χ3v) is 3.81. The molecule has 0 spiro atoms.